The largest absolute Gasteiger partial charge is 0.380 e. The Balaban J connectivity index is 0.00000312. The molecule has 0 aromatic carbocycles. The minimum absolute atomic E-state index is 0. The van der Waals surface area contributed by atoms with Crippen LogP contribution in [0, 0.1) is 0 Å². The first kappa shape index (κ1) is 25.6. The molecule has 0 aliphatic carbocycles. The van der Waals surface area contributed by atoms with Crippen LogP contribution in [0.3, 0.4) is 0 Å². The summed E-state index contributed by atoms with van der Waals surface area (Å²) in [4.78, 5) is 21.3. The number of piperazine rings is 1. The van der Waals surface area contributed by atoms with E-state index in [1.54, 1.807) is 18.4 Å². The zero-order valence-corrected chi connectivity index (χ0v) is 18.5. The maximum Gasteiger partial charge on any atom is 0.225 e. The van der Waals surface area contributed by atoms with Gasteiger partial charge in [-0.15, -0.1) is 36.2 Å². The molecule has 1 atom stereocenters. The molecule has 152 valence electrons. The first-order valence-electron chi connectivity index (χ1n) is 8.51. The van der Waals surface area contributed by atoms with Crippen molar-refractivity contribution in [1.29, 1.82) is 0 Å². The summed E-state index contributed by atoms with van der Waals surface area (Å²) in [5.41, 5.74) is 6.83. The number of nitrogens with two attached hydrogens (primary N) is 1. The summed E-state index contributed by atoms with van der Waals surface area (Å²) in [7, 11) is 1.60. The maximum atomic E-state index is 12.3. The fraction of sp³-hybridized carbons (Fsp3) is 0.765. The van der Waals surface area contributed by atoms with E-state index in [4.69, 9.17) is 15.5 Å². The standard InChI is InChI=1S/C17H30N4O2S.2ClH/c1-17(2,3)16-19-13(12-24-16)11-20-5-7-21(8-6-20)15(22)9-14(10-18)23-4;;/h12,14H,5-11,18H2,1-4H3;2*1H. The van der Waals surface area contributed by atoms with Crippen LogP contribution in [-0.2, 0) is 21.5 Å². The van der Waals surface area contributed by atoms with Crippen LogP contribution in [0.4, 0.5) is 0 Å². The molecule has 1 fully saturated rings. The Morgan fingerprint density at radius 3 is 2.38 bits per heavy atom. The molecule has 0 bridgehead atoms. The highest BCUT2D eigenvalue weighted by Gasteiger charge is 2.24. The van der Waals surface area contributed by atoms with E-state index in [-0.39, 0.29) is 42.2 Å². The van der Waals surface area contributed by atoms with Crippen molar-refractivity contribution >= 4 is 42.1 Å². The van der Waals surface area contributed by atoms with Crippen molar-refractivity contribution < 1.29 is 9.53 Å². The molecule has 26 heavy (non-hydrogen) atoms. The fourth-order valence-electron chi connectivity index (χ4n) is 2.70. The number of aromatic nitrogens is 1. The van der Waals surface area contributed by atoms with Crippen molar-refractivity contribution in [3.63, 3.8) is 0 Å². The van der Waals surface area contributed by atoms with E-state index in [0.717, 1.165) is 38.4 Å². The zero-order valence-electron chi connectivity index (χ0n) is 16.1. The van der Waals surface area contributed by atoms with Crippen LogP contribution in [0.2, 0.25) is 0 Å². The summed E-state index contributed by atoms with van der Waals surface area (Å²) in [5.74, 6) is 0.135. The van der Waals surface area contributed by atoms with Gasteiger partial charge >= 0.3 is 0 Å². The lowest BCUT2D eigenvalue weighted by atomic mass is 9.98. The van der Waals surface area contributed by atoms with E-state index < -0.39 is 0 Å². The summed E-state index contributed by atoms with van der Waals surface area (Å²) in [5, 5.41) is 3.33. The van der Waals surface area contributed by atoms with Crippen molar-refractivity contribution in [1.82, 2.24) is 14.8 Å². The predicted octanol–water partition coefficient (Wildman–Crippen LogP) is 2.29. The lowest BCUT2D eigenvalue weighted by molar-refractivity contribution is -0.135. The van der Waals surface area contributed by atoms with Crippen LogP contribution in [0.15, 0.2) is 5.38 Å². The van der Waals surface area contributed by atoms with Crippen molar-refractivity contribution in [3.8, 4) is 0 Å². The first-order chi connectivity index (χ1) is 11.3. The molecule has 2 rings (SSSR count). The number of amides is 1. The Morgan fingerprint density at radius 2 is 1.92 bits per heavy atom. The fourth-order valence-corrected chi connectivity index (χ4v) is 3.59. The molecule has 1 aromatic heterocycles. The summed E-state index contributed by atoms with van der Waals surface area (Å²) in [6, 6.07) is 0. The molecule has 0 spiro atoms. The number of nitrogens with zero attached hydrogens (tertiary/aromatic N) is 3. The summed E-state index contributed by atoms with van der Waals surface area (Å²) >= 11 is 1.73. The first-order valence-corrected chi connectivity index (χ1v) is 9.39. The van der Waals surface area contributed by atoms with E-state index in [2.05, 4.69) is 31.1 Å². The third-order valence-electron chi connectivity index (χ3n) is 4.30. The molecule has 2 N–H and O–H groups in total. The Kier molecular flexibility index (Phi) is 11.2. The van der Waals surface area contributed by atoms with Crippen LogP contribution in [0.1, 0.15) is 37.9 Å². The molecule has 1 unspecified atom stereocenters. The van der Waals surface area contributed by atoms with Gasteiger partial charge in [-0.3, -0.25) is 9.69 Å². The minimum atomic E-state index is -0.179. The van der Waals surface area contributed by atoms with Crippen molar-refractivity contribution in [2.45, 2.75) is 45.3 Å². The zero-order chi connectivity index (χ0) is 17.7. The van der Waals surface area contributed by atoms with Crippen molar-refractivity contribution in [2.24, 2.45) is 5.73 Å². The lowest BCUT2D eigenvalue weighted by Crippen LogP contribution is -2.49. The van der Waals surface area contributed by atoms with E-state index in [1.807, 2.05) is 4.90 Å². The third-order valence-corrected chi connectivity index (χ3v) is 5.62. The van der Waals surface area contributed by atoms with Gasteiger partial charge in [-0.2, -0.15) is 0 Å². The van der Waals surface area contributed by atoms with Crippen molar-refractivity contribution in [2.75, 3.05) is 39.8 Å². The molecule has 1 aliphatic rings. The number of ether oxygens (including phenoxy) is 1. The number of hydrogen-bond donors (Lipinski definition) is 1. The quantitative estimate of drug-likeness (QED) is 0.754. The smallest absolute Gasteiger partial charge is 0.225 e. The second-order valence-electron chi connectivity index (χ2n) is 7.35. The van der Waals surface area contributed by atoms with Gasteiger partial charge in [0.05, 0.1) is 23.2 Å². The summed E-state index contributed by atoms with van der Waals surface area (Å²) in [6.45, 7) is 11.1. The van der Waals surface area contributed by atoms with Gasteiger partial charge < -0.3 is 15.4 Å². The third kappa shape index (κ3) is 7.29. The molecule has 1 aliphatic heterocycles. The van der Waals surface area contributed by atoms with Crippen LogP contribution in [0.25, 0.3) is 0 Å². The molecule has 1 amide bonds. The Morgan fingerprint density at radius 1 is 1.31 bits per heavy atom. The van der Waals surface area contributed by atoms with Gasteiger partial charge in [0.2, 0.25) is 5.91 Å². The average molecular weight is 427 g/mol. The summed E-state index contributed by atoms with van der Waals surface area (Å²) < 4.78 is 5.20. The number of thiazole rings is 1. The van der Waals surface area contributed by atoms with E-state index >= 15 is 0 Å². The van der Waals surface area contributed by atoms with Gasteiger partial charge in [0.15, 0.2) is 0 Å². The molecule has 0 saturated carbocycles. The predicted molar refractivity (Wildman–Crippen MR) is 112 cm³/mol. The van der Waals surface area contributed by atoms with Gasteiger partial charge in [-0.1, -0.05) is 20.8 Å². The average Bonchev–Trinajstić information content (AvgIpc) is 3.02. The number of hydrogen-bond acceptors (Lipinski definition) is 6. The normalized spacial score (nSPS) is 16.6. The Bertz CT molecular complexity index is 539. The van der Waals surface area contributed by atoms with Gasteiger partial charge in [0, 0.05) is 57.2 Å². The van der Waals surface area contributed by atoms with Crippen LogP contribution >= 0.6 is 36.2 Å². The lowest BCUT2D eigenvalue weighted by Gasteiger charge is -2.35. The second kappa shape index (κ2) is 11.4. The summed E-state index contributed by atoms with van der Waals surface area (Å²) in [6.07, 6.45) is 0.190. The number of halogens is 2. The van der Waals surface area contributed by atoms with Crippen LogP contribution in [-0.4, -0.2) is 66.6 Å². The number of carbonyl (C=O) groups excluding carboxylic acids is 1. The van der Waals surface area contributed by atoms with E-state index in [1.165, 1.54) is 5.01 Å². The van der Waals surface area contributed by atoms with E-state index in [0.29, 0.717) is 13.0 Å². The molecular formula is C17H32Cl2N4O2S. The molecule has 0 radical (unpaired) electrons. The molecular weight excluding hydrogens is 395 g/mol. The van der Waals surface area contributed by atoms with Gasteiger partial charge in [-0.25, -0.2) is 4.98 Å². The monoisotopic (exact) mass is 426 g/mol. The maximum absolute atomic E-state index is 12.3. The number of rotatable bonds is 6. The molecule has 2 heterocycles. The highest BCUT2D eigenvalue weighted by molar-refractivity contribution is 7.09. The molecule has 9 heteroatoms. The van der Waals surface area contributed by atoms with E-state index in [9.17, 15) is 4.79 Å². The Labute approximate surface area is 173 Å². The van der Waals surface area contributed by atoms with Gasteiger partial charge in [-0.05, 0) is 0 Å². The number of carbonyl (C=O) groups is 1. The second-order valence-corrected chi connectivity index (χ2v) is 8.21. The van der Waals surface area contributed by atoms with Gasteiger partial charge in [0.25, 0.3) is 0 Å². The van der Waals surface area contributed by atoms with Gasteiger partial charge in [0.1, 0.15) is 0 Å². The van der Waals surface area contributed by atoms with Crippen molar-refractivity contribution in [3.05, 3.63) is 16.1 Å². The molecule has 6 nitrogen and oxygen atoms in total. The highest BCUT2D eigenvalue weighted by Crippen LogP contribution is 2.26. The van der Waals surface area contributed by atoms with Crippen LogP contribution in [0.5, 0.6) is 0 Å². The topological polar surface area (TPSA) is 71.7 Å². The number of methoxy groups -OCH3 is 1. The Hall–Kier alpha value is -0.440. The minimum Gasteiger partial charge on any atom is -0.380 e. The molecule has 1 aromatic rings. The SMILES string of the molecule is COC(CN)CC(=O)N1CCN(Cc2csc(C(C)(C)C)n2)CC1.Cl.Cl. The van der Waals surface area contributed by atoms with Crippen LogP contribution < -0.4 is 5.73 Å². The highest BCUT2D eigenvalue weighted by atomic mass is 35.5. The molecule has 1 saturated heterocycles.